The van der Waals surface area contributed by atoms with E-state index in [2.05, 4.69) is 9.13 Å². The van der Waals surface area contributed by atoms with Crippen molar-refractivity contribution in [3.63, 3.8) is 0 Å². The molecule has 0 aromatic carbocycles. The quantitative estimate of drug-likeness (QED) is 0.322. The lowest BCUT2D eigenvalue weighted by molar-refractivity contribution is 0.768. The average molecular weight is 114 g/mol. The molecule has 0 aliphatic carbocycles. The minimum absolute atomic E-state index is 0.170. The molecular weight excluding hydrogens is 104 g/mol. The van der Waals surface area contributed by atoms with E-state index in [-0.39, 0.29) is 9.84 Å². The van der Waals surface area contributed by atoms with Crippen molar-refractivity contribution in [3.8, 4) is 0 Å². The van der Waals surface area contributed by atoms with Crippen molar-refractivity contribution in [2.75, 3.05) is 26.2 Å². The van der Waals surface area contributed by atoms with Gasteiger partial charge in [0.15, 0.2) is 9.84 Å². The van der Waals surface area contributed by atoms with Crippen LogP contribution in [-0.2, 0) is 0 Å². The highest BCUT2D eigenvalue weighted by Crippen LogP contribution is 2.07. The first-order valence-electron chi connectivity index (χ1n) is 2.90. The van der Waals surface area contributed by atoms with Crippen molar-refractivity contribution in [1.82, 2.24) is 9.13 Å². The molecule has 40 valence electrons. The Hall–Kier alpha value is 0.137. The SMILES string of the molecule is C1CN1[SiH2]N1CC1. The predicted octanol–water partition coefficient (Wildman–Crippen LogP) is -1.38. The maximum atomic E-state index is 2.58. The minimum Gasteiger partial charge on any atom is -0.314 e. The fourth-order valence-electron chi connectivity index (χ4n) is 0.707. The molecule has 2 aliphatic heterocycles. The lowest BCUT2D eigenvalue weighted by Gasteiger charge is -1.94. The predicted molar refractivity (Wildman–Crippen MR) is 31.7 cm³/mol. The summed E-state index contributed by atoms with van der Waals surface area (Å²) in [5, 5.41) is 0. The molecule has 0 atom stereocenters. The first-order chi connectivity index (χ1) is 3.45. The Labute approximate surface area is 46.1 Å². The van der Waals surface area contributed by atoms with E-state index < -0.39 is 0 Å². The molecule has 0 saturated carbocycles. The van der Waals surface area contributed by atoms with Crippen molar-refractivity contribution in [2.45, 2.75) is 0 Å². The minimum atomic E-state index is 0.170. The number of hydrogen-bond acceptors (Lipinski definition) is 2. The normalized spacial score (nSPS) is 30.9. The van der Waals surface area contributed by atoms with Crippen LogP contribution in [0.4, 0.5) is 0 Å². The van der Waals surface area contributed by atoms with Gasteiger partial charge in [0, 0.05) is 26.2 Å². The van der Waals surface area contributed by atoms with Crippen molar-refractivity contribution >= 4 is 9.84 Å². The van der Waals surface area contributed by atoms with E-state index in [0.717, 1.165) is 0 Å². The van der Waals surface area contributed by atoms with E-state index >= 15 is 0 Å². The van der Waals surface area contributed by atoms with Crippen LogP contribution in [0.3, 0.4) is 0 Å². The van der Waals surface area contributed by atoms with E-state index in [1.165, 1.54) is 26.2 Å². The molecule has 0 aromatic rings. The Morgan fingerprint density at radius 1 is 0.857 bits per heavy atom. The van der Waals surface area contributed by atoms with Crippen molar-refractivity contribution in [1.29, 1.82) is 0 Å². The zero-order valence-corrected chi connectivity index (χ0v) is 5.84. The van der Waals surface area contributed by atoms with Crippen molar-refractivity contribution in [2.24, 2.45) is 0 Å². The molecule has 7 heavy (non-hydrogen) atoms. The molecule has 0 bridgehead atoms. The van der Waals surface area contributed by atoms with Gasteiger partial charge in [-0.15, -0.1) is 0 Å². The summed E-state index contributed by atoms with van der Waals surface area (Å²) >= 11 is 0. The summed E-state index contributed by atoms with van der Waals surface area (Å²) in [6.45, 7) is 5.62. The maximum Gasteiger partial charge on any atom is 0.173 e. The Bertz CT molecular complexity index is 67.8. The molecule has 2 fully saturated rings. The van der Waals surface area contributed by atoms with Crippen LogP contribution < -0.4 is 0 Å². The Morgan fingerprint density at radius 3 is 1.57 bits per heavy atom. The van der Waals surface area contributed by atoms with Crippen LogP contribution in [0.15, 0.2) is 0 Å². The second-order valence-corrected chi connectivity index (χ2v) is 4.45. The van der Waals surface area contributed by atoms with Gasteiger partial charge in [-0.2, -0.15) is 0 Å². The van der Waals surface area contributed by atoms with E-state index in [1.54, 1.807) is 0 Å². The number of rotatable bonds is 2. The molecule has 0 radical (unpaired) electrons. The third-order valence-electron chi connectivity index (χ3n) is 1.48. The molecule has 0 unspecified atom stereocenters. The highest BCUT2D eigenvalue weighted by Gasteiger charge is 2.26. The van der Waals surface area contributed by atoms with E-state index in [0.29, 0.717) is 0 Å². The Balaban J connectivity index is 1.69. The third kappa shape index (κ3) is 1.02. The van der Waals surface area contributed by atoms with Gasteiger partial charge >= 0.3 is 0 Å². The molecular formula is C4H10N2Si. The summed E-state index contributed by atoms with van der Waals surface area (Å²) < 4.78 is 5.15. The molecule has 2 rings (SSSR count). The Morgan fingerprint density at radius 2 is 1.29 bits per heavy atom. The first kappa shape index (κ1) is 4.06. The van der Waals surface area contributed by atoms with Gasteiger partial charge in [-0.05, 0) is 0 Å². The summed E-state index contributed by atoms with van der Waals surface area (Å²) in [7, 11) is 0.170. The van der Waals surface area contributed by atoms with Gasteiger partial charge in [-0.25, -0.2) is 0 Å². The largest absolute Gasteiger partial charge is 0.314 e. The van der Waals surface area contributed by atoms with Gasteiger partial charge in [0.1, 0.15) is 0 Å². The van der Waals surface area contributed by atoms with E-state index in [9.17, 15) is 0 Å². The smallest absolute Gasteiger partial charge is 0.173 e. The van der Waals surface area contributed by atoms with Crippen LogP contribution in [0.5, 0.6) is 0 Å². The molecule has 0 amide bonds. The summed E-state index contributed by atoms with van der Waals surface area (Å²) in [5.41, 5.74) is 0. The molecule has 0 spiro atoms. The van der Waals surface area contributed by atoms with Crippen LogP contribution >= 0.6 is 0 Å². The zero-order valence-electron chi connectivity index (χ0n) is 4.43. The topological polar surface area (TPSA) is 6.02 Å². The lowest BCUT2D eigenvalue weighted by Crippen LogP contribution is -2.14. The zero-order chi connectivity index (χ0) is 4.69. The van der Waals surface area contributed by atoms with Gasteiger partial charge in [-0.3, -0.25) is 0 Å². The van der Waals surface area contributed by atoms with Gasteiger partial charge in [0.25, 0.3) is 0 Å². The second kappa shape index (κ2) is 1.31. The molecule has 0 aromatic heterocycles. The van der Waals surface area contributed by atoms with Crippen LogP contribution in [0, 0.1) is 0 Å². The van der Waals surface area contributed by atoms with Crippen molar-refractivity contribution in [3.05, 3.63) is 0 Å². The average Bonchev–Trinajstić information content (AvgIpc) is 2.33. The highest BCUT2D eigenvalue weighted by molar-refractivity contribution is 6.30. The Kier molecular flexibility index (Phi) is 0.757. The monoisotopic (exact) mass is 114 g/mol. The maximum absolute atomic E-state index is 2.58. The third-order valence-corrected chi connectivity index (χ3v) is 3.54. The summed E-state index contributed by atoms with van der Waals surface area (Å²) in [6.07, 6.45) is 0. The number of hydrogen-bond donors (Lipinski definition) is 0. The molecule has 0 N–H and O–H groups in total. The van der Waals surface area contributed by atoms with Crippen LogP contribution in [-0.4, -0.2) is 45.2 Å². The molecule has 2 nitrogen and oxygen atoms in total. The standard InChI is InChI=1S/C4H10N2Si/c1-2-5(1)7-6-3-4-6/h1-4,7H2. The van der Waals surface area contributed by atoms with Gasteiger partial charge in [-0.1, -0.05) is 0 Å². The summed E-state index contributed by atoms with van der Waals surface area (Å²) in [6, 6.07) is 0. The summed E-state index contributed by atoms with van der Waals surface area (Å²) in [5.74, 6) is 0. The lowest BCUT2D eigenvalue weighted by atomic mass is 11.0. The van der Waals surface area contributed by atoms with Gasteiger partial charge in [0.2, 0.25) is 0 Å². The fraction of sp³-hybridized carbons (Fsp3) is 1.00. The molecule has 2 aliphatic rings. The van der Waals surface area contributed by atoms with Crippen molar-refractivity contribution < 1.29 is 0 Å². The molecule has 3 heteroatoms. The van der Waals surface area contributed by atoms with E-state index in [1.807, 2.05) is 0 Å². The van der Waals surface area contributed by atoms with Gasteiger partial charge in [0.05, 0.1) is 0 Å². The summed E-state index contributed by atoms with van der Waals surface area (Å²) in [4.78, 5) is 0. The first-order valence-corrected chi connectivity index (χ1v) is 4.16. The second-order valence-electron chi connectivity index (χ2n) is 2.38. The van der Waals surface area contributed by atoms with Crippen LogP contribution in [0.1, 0.15) is 0 Å². The number of nitrogens with zero attached hydrogens (tertiary/aromatic N) is 2. The molecule has 2 saturated heterocycles. The van der Waals surface area contributed by atoms with Gasteiger partial charge < -0.3 is 9.13 Å². The van der Waals surface area contributed by atoms with Crippen LogP contribution in [0.25, 0.3) is 0 Å². The highest BCUT2D eigenvalue weighted by atomic mass is 28.2. The van der Waals surface area contributed by atoms with E-state index in [4.69, 9.17) is 0 Å². The van der Waals surface area contributed by atoms with Crippen LogP contribution in [0.2, 0.25) is 0 Å². The fourth-order valence-corrected chi connectivity index (χ4v) is 2.12. The molecule has 2 heterocycles.